The van der Waals surface area contributed by atoms with Crippen LogP contribution in [0.25, 0.3) is 0 Å². The van der Waals surface area contributed by atoms with Crippen LogP contribution in [-0.4, -0.2) is 35.3 Å². The molecule has 17 heavy (non-hydrogen) atoms. The Kier molecular flexibility index (Phi) is 4.94. The summed E-state index contributed by atoms with van der Waals surface area (Å²) in [6.45, 7) is 3.79. The highest BCUT2D eigenvalue weighted by molar-refractivity contribution is 9.10. The second-order valence-corrected chi connectivity index (χ2v) is 6.62. The molecule has 0 spiro atoms. The second kappa shape index (κ2) is 5.64. The average Bonchev–Trinajstić information content (AvgIpc) is 2.55. The molecule has 0 fully saturated rings. The maximum atomic E-state index is 12.1. The number of rotatable bonds is 5. The van der Waals surface area contributed by atoms with Crippen molar-refractivity contribution in [1.82, 2.24) is 19.7 Å². The monoisotopic (exact) mass is 344 g/mol. The molecule has 0 saturated heterocycles. The van der Waals surface area contributed by atoms with E-state index in [1.54, 1.807) is 0 Å². The van der Waals surface area contributed by atoms with Gasteiger partial charge in [-0.1, -0.05) is 19.1 Å². The Balaban J connectivity index is 3.05. The fraction of sp³-hybridized carbons (Fsp3) is 0.750. The van der Waals surface area contributed by atoms with E-state index in [0.29, 0.717) is 0 Å². The molecule has 1 rings (SSSR count). The molecule has 0 aliphatic heterocycles. The smallest absolute Gasteiger partial charge is 0.235 e. The van der Waals surface area contributed by atoms with Gasteiger partial charge in [0.2, 0.25) is 5.03 Å². The summed E-state index contributed by atoms with van der Waals surface area (Å²) in [4.78, 5) is 0. The first-order chi connectivity index (χ1) is 7.79. The summed E-state index contributed by atoms with van der Waals surface area (Å²) < 4.78 is 28.1. The molecule has 0 bridgehead atoms. The topological polar surface area (TPSA) is 76.9 Å². The Bertz CT molecular complexity index is 468. The minimum atomic E-state index is -3.68. The quantitative estimate of drug-likeness (QED) is 0.811. The van der Waals surface area contributed by atoms with Crippen LogP contribution >= 0.6 is 27.5 Å². The van der Waals surface area contributed by atoms with Gasteiger partial charge in [0.05, 0.1) is 0 Å². The van der Waals surface area contributed by atoms with Gasteiger partial charge in [0.25, 0.3) is 10.0 Å². The molecule has 0 radical (unpaired) electrons. The summed E-state index contributed by atoms with van der Waals surface area (Å²) >= 11 is 8.79. The van der Waals surface area contributed by atoms with Crippen LogP contribution < -0.4 is 4.72 Å². The lowest BCUT2D eigenvalue weighted by molar-refractivity contribution is 0.475. The number of alkyl halides is 1. The van der Waals surface area contributed by atoms with E-state index in [2.05, 4.69) is 31.0 Å². The number of aromatic nitrogens is 3. The number of nitrogens with zero attached hydrogens (tertiary/aromatic N) is 3. The minimum absolute atomic E-state index is 0.00623. The van der Waals surface area contributed by atoms with Gasteiger partial charge in [-0.2, -0.15) is 0 Å². The van der Waals surface area contributed by atoms with Gasteiger partial charge in [0.15, 0.2) is 4.60 Å². The average molecular weight is 346 g/mol. The van der Waals surface area contributed by atoms with E-state index in [1.807, 2.05) is 13.8 Å². The van der Waals surface area contributed by atoms with E-state index in [0.717, 1.165) is 0 Å². The van der Waals surface area contributed by atoms with Gasteiger partial charge >= 0.3 is 0 Å². The lowest BCUT2D eigenvalue weighted by Gasteiger charge is -2.19. The van der Waals surface area contributed by atoms with Crippen molar-refractivity contribution in [3.8, 4) is 0 Å². The van der Waals surface area contributed by atoms with Crippen molar-refractivity contribution in [2.75, 3.05) is 5.88 Å². The van der Waals surface area contributed by atoms with Crippen LogP contribution in [0.1, 0.15) is 13.8 Å². The SMILES string of the molecule is CC(C)C(CCl)NS(=O)(=O)c1c(Br)nnn1C. The highest BCUT2D eigenvalue weighted by Gasteiger charge is 2.27. The van der Waals surface area contributed by atoms with Crippen LogP contribution in [0.4, 0.5) is 0 Å². The summed E-state index contributed by atoms with van der Waals surface area (Å²) in [5.74, 6) is 0.307. The summed E-state index contributed by atoms with van der Waals surface area (Å²) in [5, 5.41) is 7.26. The standard InChI is InChI=1S/C8H14BrClN4O2S/c1-5(2)6(4-10)12-17(15,16)8-7(9)11-13-14(8)3/h5-6,12H,4H2,1-3H3. The fourth-order valence-corrected chi connectivity index (χ4v) is 4.21. The molecule has 1 aromatic heterocycles. The summed E-state index contributed by atoms with van der Waals surface area (Å²) in [5.41, 5.74) is 0. The molecule has 1 aromatic rings. The molecule has 1 atom stereocenters. The number of sulfonamides is 1. The number of hydrogen-bond acceptors (Lipinski definition) is 4. The molecule has 9 heteroatoms. The molecule has 6 nitrogen and oxygen atoms in total. The van der Waals surface area contributed by atoms with Gasteiger partial charge < -0.3 is 0 Å². The molecular formula is C8H14BrClN4O2S. The lowest BCUT2D eigenvalue weighted by Crippen LogP contribution is -2.40. The van der Waals surface area contributed by atoms with Crippen molar-refractivity contribution in [3.63, 3.8) is 0 Å². The first-order valence-corrected chi connectivity index (χ1v) is 7.74. The molecule has 0 saturated carbocycles. The molecule has 98 valence electrons. The predicted octanol–water partition coefficient (Wildman–Crippen LogP) is 1.12. The molecule has 0 amide bonds. The van der Waals surface area contributed by atoms with Crippen molar-refractivity contribution < 1.29 is 8.42 Å². The van der Waals surface area contributed by atoms with Gasteiger partial charge in [0, 0.05) is 19.0 Å². The predicted molar refractivity (Wildman–Crippen MR) is 68.4 cm³/mol. The zero-order valence-electron chi connectivity index (χ0n) is 9.68. The Morgan fingerprint density at radius 3 is 2.47 bits per heavy atom. The first kappa shape index (κ1) is 14.9. The van der Waals surface area contributed by atoms with Gasteiger partial charge in [0.1, 0.15) is 0 Å². The highest BCUT2D eigenvalue weighted by Crippen LogP contribution is 2.19. The summed E-state index contributed by atoms with van der Waals surface area (Å²) in [6, 6.07) is -0.330. The van der Waals surface area contributed by atoms with Gasteiger partial charge in [-0.05, 0) is 21.8 Å². The largest absolute Gasteiger partial charge is 0.260 e. The van der Waals surface area contributed by atoms with Gasteiger partial charge in [-0.25, -0.2) is 17.8 Å². The molecule has 0 aliphatic carbocycles. The number of aryl methyl sites for hydroxylation is 1. The van der Waals surface area contributed by atoms with Crippen LogP contribution in [0.15, 0.2) is 9.63 Å². The normalized spacial score (nSPS) is 14.2. The second-order valence-electron chi connectivity index (χ2n) is 3.94. The zero-order chi connectivity index (χ0) is 13.2. The van der Waals surface area contributed by atoms with E-state index >= 15 is 0 Å². The number of hydrogen-bond donors (Lipinski definition) is 1. The summed E-state index contributed by atoms with van der Waals surface area (Å²) in [7, 11) is -2.17. The highest BCUT2D eigenvalue weighted by atomic mass is 79.9. The molecular weight excluding hydrogens is 332 g/mol. The maximum absolute atomic E-state index is 12.1. The third kappa shape index (κ3) is 3.40. The Hall–Kier alpha value is -0.180. The Morgan fingerprint density at radius 2 is 2.12 bits per heavy atom. The van der Waals surface area contributed by atoms with Crippen molar-refractivity contribution in [3.05, 3.63) is 4.60 Å². The van der Waals surface area contributed by atoms with E-state index < -0.39 is 10.0 Å². The van der Waals surface area contributed by atoms with Crippen molar-refractivity contribution >= 4 is 37.6 Å². The Morgan fingerprint density at radius 1 is 1.53 bits per heavy atom. The molecule has 0 aliphatic rings. The Labute approximate surface area is 114 Å². The fourth-order valence-electron chi connectivity index (χ4n) is 1.21. The van der Waals surface area contributed by atoms with Crippen LogP contribution in [0.2, 0.25) is 0 Å². The molecule has 0 aromatic carbocycles. The van der Waals surface area contributed by atoms with Crippen LogP contribution in [-0.2, 0) is 17.1 Å². The van der Waals surface area contributed by atoms with Crippen molar-refractivity contribution in [1.29, 1.82) is 0 Å². The van der Waals surface area contributed by atoms with Crippen LogP contribution in [0, 0.1) is 5.92 Å². The van der Waals surface area contributed by atoms with E-state index in [1.165, 1.54) is 11.7 Å². The van der Waals surface area contributed by atoms with E-state index in [-0.39, 0.29) is 27.5 Å². The van der Waals surface area contributed by atoms with Crippen molar-refractivity contribution in [2.24, 2.45) is 13.0 Å². The number of halogens is 2. The zero-order valence-corrected chi connectivity index (χ0v) is 12.8. The van der Waals surface area contributed by atoms with E-state index in [9.17, 15) is 8.42 Å². The minimum Gasteiger partial charge on any atom is -0.235 e. The third-order valence-electron chi connectivity index (χ3n) is 2.27. The summed E-state index contributed by atoms with van der Waals surface area (Å²) in [6.07, 6.45) is 0. The van der Waals surface area contributed by atoms with Crippen molar-refractivity contribution in [2.45, 2.75) is 24.9 Å². The van der Waals surface area contributed by atoms with Gasteiger partial charge in [-0.3, -0.25) is 0 Å². The van der Waals surface area contributed by atoms with Crippen LogP contribution in [0.5, 0.6) is 0 Å². The van der Waals surface area contributed by atoms with Gasteiger partial charge in [-0.15, -0.1) is 16.7 Å². The number of nitrogens with one attached hydrogen (secondary N) is 1. The molecule has 1 unspecified atom stereocenters. The lowest BCUT2D eigenvalue weighted by atomic mass is 10.1. The molecule has 1 N–H and O–H groups in total. The van der Waals surface area contributed by atoms with E-state index in [4.69, 9.17) is 11.6 Å². The third-order valence-corrected chi connectivity index (χ3v) is 4.98. The maximum Gasteiger partial charge on any atom is 0.260 e. The van der Waals surface area contributed by atoms with Crippen LogP contribution in [0.3, 0.4) is 0 Å². The molecule has 1 heterocycles. The first-order valence-electron chi connectivity index (χ1n) is 4.93.